The number of fused-ring (bicyclic) bond motifs is 13. The van der Waals surface area contributed by atoms with Crippen molar-refractivity contribution < 1.29 is 0 Å². The second-order valence-corrected chi connectivity index (χ2v) is 20.7. The third-order valence-corrected chi connectivity index (χ3v) is 16.8. The molecule has 4 heteroatoms. The van der Waals surface area contributed by atoms with Gasteiger partial charge < -0.3 is 4.57 Å². The molecule has 1 aliphatic carbocycles. The first-order valence-corrected chi connectivity index (χ1v) is 25.0. The Kier molecular flexibility index (Phi) is 8.21. The Labute approximate surface area is 409 Å². The molecule has 70 heavy (non-hydrogen) atoms. The zero-order valence-electron chi connectivity index (χ0n) is 38.6. The van der Waals surface area contributed by atoms with Gasteiger partial charge in [0.1, 0.15) is 0 Å². The Morgan fingerprint density at radius 3 is 1.80 bits per heavy atom. The highest BCUT2D eigenvalue weighted by Gasteiger charge is 2.47. The van der Waals surface area contributed by atoms with Gasteiger partial charge in [0, 0.05) is 42.8 Å². The molecule has 0 atom stereocenters. The zero-order valence-corrected chi connectivity index (χ0v) is 39.4. The highest BCUT2D eigenvalue weighted by Crippen LogP contribution is 2.58. The summed E-state index contributed by atoms with van der Waals surface area (Å²) in [6, 6.07) is 83.1. The van der Waals surface area contributed by atoms with Crippen LogP contribution in [0.4, 0.5) is 0 Å². The van der Waals surface area contributed by atoms with Gasteiger partial charge in [0.25, 0.3) is 0 Å². The molecule has 10 aromatic carbocycles. The van der Waals surface area contributed by atoms with Crippen molar-refractivity contribution in [3.8, 4) is 50.6 Å². The lowest BCUT2D eigenvalue weighted by Gasteiger charge is -2.35. The van der Waals surface area contributed by atoms with Crippen LogP contribution in [0.3, 0.4) is 0 Å². The fourth-order valence-electron chi connectivity index (χ4n) is 12.4. The van der Waals surface area contributed by atoms with E-state index in [0.717, 1.165) is 38.2 Å². The minimum absolute atomic E-state index is 0.166. The summed E-state index contributed by atoms with van der Waals surface area (Å²) in [5.41, 5.74) is 19.6. The average molecular weight is 910 g/mol. The second-order valence-electron chi connectivity index (χ2n) is 19.6. The quantitative estimate of drug-likeness (QED) is 0.172. The summed E-state index contributed by atoms with van der Waals surface area (Å²) < 4.78 is 4.88. The number of nitrogens with zero attached hydrogens (tertiary/aromatic N) is 3. The molecule has 0 saturated carbocycles. The van der Waals surface area contributed by atoms with Gasteiger partial charge in [-0.3, -0.25) is 0 Å². The molecule has 0 unspecified atom stereocenters. The molecular formula is C66H43N3S. The van der Waals surface area contributed by atoms with Crippen molar-refractivity contribution in [3.05, 3.63) is 258 Å². The van der Waals surface area contributed by atoms with Crippen LogP contribution in [0.1, 0.15) is 47.2 Å². The molecule has 4 heterocycles. The maximum absolute atomic E-state index is 5.45. The first-order chi connectivity index (χ1) is 34.5. The third-order valence-electron chi connectivity index (χ3n) is 15.7. The number of rotatable bonds is 5. The van der Waals surface area contributed by atoms with Gasteiger partial charge in [-0.1, -0.05) is 208 Å². The summed E-state index contributed by atoms with van der Waals surface area (Å²) >= 11 is 1.77. The topological polar surface area (TPSA) is 30.7 Å². The Morgan fingerprint density at radius 1 is 0.429 bits per heavy atom. The normalized spacial score (nSPS) is 14.1. The summed E-state index contributed by atoms with van der Waals surface area (Å²) in [6.07, 6.45) is 0. The number of benzene rings is 10. The molecule has 15 rings (SSSR count). The smallest absolute Gasteiger partial charge is 0.160 e. The van der Waals surface area contributed by atoms with E-state index in [-0.39, 0.29) is 5.41 Å². The zero-order chi connectivity index (χ0) is 46.3. The molecule has 0 N–H and O–H groups in total. The minimum atomic E-state index is -0.634. The van der Waals surface area contributed by atoms with Crippen molar-refractivity contribution in [2.45, 2.75) is 24.7 Å². The largest absolute Gasteiger partial charge is 0.308 e. The van der Waals surface area contributed by atoms with Gasteiger partial charge in [-0.2, -0.15) is 0 Å². The first-order valence-electron chi connectivity index (χ1n) is 24.2. The van der Waals surface area contributed by atoms with E-state index in [1.54, 1.807) is 11.3 Å². The maximum Gasteiger partial charge on any atom is 0.160 e. The van der Waals surface area contributed by atoms with E-state index >= 15 is 0 Å². The molecule has 3 aromatic heterocycles. The van der Waals surface area contributed by atoms with Crippen molar-refractivity contribution in [1.82, 2.24) is 14.5 Å². The number of aromatic nitrogens is 3. The van der Waals surface area contributed by atoms with Crippen LogP contribution in [0.2, 0.25) is 0 Å². The van der Waals surface area contributed by atoms with Crippen molar-refractivity contribution >= 4 is 64.2 Å². The third kappa shape index (κ3) is 5.34. The van der Waals surface area contributed by atoms with Crippen LogP contribution in [-0.2, 0) is 10.8 Å². The van der Waals surface area contributed by atoms with Crippen LogP contribution in [0.5, 0.6) is 0 Å². The molecule has 0 amide bonds. The summed E-state index contributed by atoms with van der Waals surface area (Å²) in [7, 11) is 0. The van der Waals surface area contributed by atoms with E-state index in [4.69, 9.17) is 9.97 Å². The summed E-state index contributed by atoms with van der Waals surface area (Å²) in [5, 5.41) is 6.26. The van der Waals surface area contributed by atoms with Gasteiger partial charge in [0.15, 0.2) is 5.82 Å². The number of hydrogen-bond acceptors (Lipinski definition) is 3. The van der Waals surface area contributed by atoms with Gasteiger partial charge in [-0.25, -0.2) is 9.97 Å². The van der Waals surface area contributed by atoms with E-state index in [1.165, 1.54) is 98.6 Å². The van der Waals surface area contributed by atoms with Crippen molar-refractivity contribution in [3.63, 3.8) is 0 Å². The Morgan fingerprint density at radius 2 is 1.04 bits per heavy atom. The van der Waals surface area contributed by atoms with Crippen LogP contribution >= 0.6 is 11.3 Å². The number of thiophene rings is 1. The summed E-state index contributed by atoms with van der Waals surface area (Å²) in [5.74, 6) is 0.725. The predicted molar refractivity (Wildman–Crippen MR) is 293 cm³/mol. The van der Waals surface area contributed by atoms with Gasteiger partial charge in [0.05, 0.1) is 38.0 Å². The fourth-order valence-corrected chi connectivity index (χ4v) is 13.6. The van der Waals surface area contributed by atoms with E-state index < -0.39 is 5.41 Å². The van der Waals surface area contributed by atoms with Crippen LogP contribution in [0, 0.1) is 0 Å². The molecule has 1 aliphatic heterocycles. The Balaban J connectivity index is 0.958. The Bertz CT molecular complexity index is 4280. The van der Waals surface area contributed by atoms with E-state index in [2.05, 4.69) is 243 Å². The number of para-hydroxylation sites is 1. The van der Waals surface area contributed by atoms with Crippen LogP contribution in [-0.4, -0.2) is 14.5 Å². The lowest BCUT2D eigenvalue weighted by atomic mass is 9.67. The van der Waals surface area contributed by atoms with Crippen LogP contribution < -0.4 is 0 Å². The molecule has 0 fully saturated rings. The maximum atomic E-state index is 5.45. The molecule has 0 saturated heterocycles. The second kappa shape index (κ2) is 14.5. The Hall–Kier alpha value is -8.44. The highest BCUT2D eigenvalue weighted by atomic mass is 32.1. The van der Waals surface area contributed by atoms with Crippen molar-refractivity contribution in [2.24, 2.45) is 0 Å². The summed E-state index contributed by atoms with van der Waals surface area (Å²) in [4.78, 5) is 10.9. The molecule has 0 bridgehead atoms. The molecule has 0 spiro atoms. The monoisotopic (exact) mass is 909 g/mol. The highest BCUT2D eigenvalue weighted by molar-refractivity contribution is 7.26. The lowest BCUT2D eigenvalue weighted by molar-refractivity contribution is 0.632. The molecule has 2 aliphatic rings. The van der Waals surface area contributed by atoms with E-state index in [0.29, 0.717) is 0 Å². The summed E-state index contributed by atoms with van der Waals surface area (Å²) in [6.45, 7) is 4.77. The molecule has 328 valence electrons. The first kappa shape index (κ1) is 39.5. The van der Waals surface area contributed by atoms with Crippen molar-refractivity contribution in [2.75, 3.05) is 0 Å². The molecular weight excluding hydrogens is 867 g/mol. The molecule has 0 radical (unpaired) electrons. The lowest BCUT2D eigenvalue weighted by Crippen LogP contribution is -2.28. The van der Waals surface area contributed by atoms with Crippen LogP contribution in [0.15, 0.2) is 224 Å². The minimum Gasteiger partial charge on any atom is -0.308 e. The van der Waals surface area contributed by atoms with Gasteiger partial charge in [-0.05, 0) is 91.4 Å². The number of hydrogen-bond donors (Lipinski definition) is 0. The molecule has 13 aromatic rings. The molecule has 3 nitrogen and oxygen atoms in total. The van der Waals surface area contributed by atoms with Crippen LogP contribution in [0.25, 0.3) is 103 Å². The van der Waals surface area contributed by atoms with E-state index in [1.807, 2.05) is 0 Å². The van der Waals surface area contributed by atoms with Gasteiger partial charge >= 0.3 is 0 Å². The average Bonchev–Trinajstić information content (AvgIpc) is 4.06. The fraction of sp³-hybridized carbons (Fsp3) is 0.0606. The van der Waals surface area contributed by atoms with E-state index in [9.17, 15) is 0 Å². The van der Waals surface area contributed by atoms with Gasteiger partial charge in [-0.15, -0.1) is 11.3 Å². The van der Waals surface area contributed by atoms with Crippen molar-refractivity contribution in [1.29, 1.82) is 0 Å². The van der Waals surface area contributed by atoms with Gasteiger partial charge in [0.2, 0.25) is 0 Å². The predicted octanol–water partition coefficient (Wildman–Crippen LogP) is 17.1. The standard InChI is InChI=1S/C66H43N3S/c1-65(2)53-27-16-26-50-52-37-42(32-36-57(52)69(62(50)53)61-47-24-13-12-17-40(47)31-35-54(61)65)43-29-33-48-49-34-30-44(39-56(49)66(55(48)38-43,45-20-8-4-9-21-45)46-22-10-5-11-23-46)64-67-59(41-18-6-3-7-19-41)63-60(68-64)51-25-14-15-28-58(51)70-63/h3-39H,1-2H3. The SMILES string of the molecule is CC1(C)c2ccc3ccccc3c2-n2c3ccc(-c4ccc5c(c4)C(c4ccccc4)(c4ccccc4)c4cc(-c6nc(-c7ccccc7)c7sc8ccccc8c7n6)ccc4-5)cc3c3cccc1c32.